The molecule has 0 spiro atoms. The summed E-state index contributed by atoms with van der Waals surface area (Å²) < 4.78 is 5.42. The smallest absolute Gasteiger partial charge is 0.267 e. The van der Waals surface area contributed by atoms with Crippen LogP contribution < -0.4 is 10.8 Å². The Kier molecular flexibility index (Phi) is 8.34. The molecule has 1 aromatic carbocycles. The molecule has 2 fully saturated rings. The van der Waals surface area contributed by atoms with Crippen LogP contribution in [0.4, 0.5) is 5.82 Å². The number of aryl methyl sites for hydroxylation is 1. The van der Waals surface area contributed by atoms with Crippen molar-refractivity contribution in [2.45, 2.75) is 51.5 Å². The molecule has 0 radical (unpaired) electrons. The predicted molar refractivity (Wildman–Crippen MR) is 130 cm³/mol. The Hall–Kier alpha value is -2.45. The summed E-state index contributed by atoms with van der Waals surface area (Å²) in [5.41, 5.74) is 5.75. The van der Waals surface area contributed by atoms with Gasteiger partial charge >= 0.3 is 0 Å². The number of ether oxygens (including phenoxy) is 1. The van der Waals surface area contributed by atoms with Gasteiger partial charge in [0, 0.05) is 51.0 Å². The zero-order valence-electron chi connectivity index (χ0n) is 18.9. The van der Waals surface area contributed by atoms with Crippen molar-refractivity contribution in [1.29, 1.82) is 0 Å². The fourth-order valence-electron chi connectivity index (χ4n) is 4.02. The van der Waals surface area contributed by atoms with E-state index in [1.807, 2.05) is 0 Å². The molecule has 2 aliphatic rings. The van der Waals surface area contributed by atoms with Crippen LogP contribution in [0, 0.1) is 6.92 Å². The Morgan fingerprint density at radius 2 is 2.15 bits per heavy atom. The van der Waals surface area contributed by atoms with Crippen LogP contribution >= 0.6 is 11.6 Å². The van der Waals surface area contributed by atoms with Crippen LogP contribution in [-0.4, -0.2) is 47.8 Å². The van der Waals surface area contributed by atoms with E-state index in [0.717, 1.165) is 50.9 Å². The van der Waals surface area contributed by atoms with Crippen LogP contribution in [0.25, 0.3) is 6.08 Å². The van der Waals surface area contributed by atoms with E-state index < -0.39 is 0 Å². The van der Waals surface area contributed by atoms with Crippen molar-refractivity contribution >= 4 is 29.4 Å². The fourth-order valence-corrected chi connectivity index (χ4v) is 4.25. The van der Waals surface area contributed by atoms with Crippen LogP contribution in [0.1, 0.15) is 42.4 Å². The van der Waals surface area contributed by atoms with Crippen LogP contribution in [0.5, 0.6) is 0 Å². The summed E-state index contributed by atoms with van der Waals surface area (Å²) in [6.07, 6.45) is 8.25. The first-order valence-electron chi connectivity index (χ1n) is 11.5. The normalized spacial score (nSPS) is 21.4. The number of benzene rings is 1. The number of anilines is 1. The van der Waals surface area contributed by atoms with Crippen molar-refractivity contribution in [2.24, 2.45) is 0 Å². The van der Waals surface area contributed by atoms with Crippen LogP contribution in [-0.2, 0) is 20.9 Å². The van der Waals surface area contributed by atoms with Gasteiger partial charge in [-0.3, -0.25) is 9.69 Å². The topological polar surface area (TPSA) is 75.7 Å². The highest BCUT2D eigenvalue weighted by molar-refractivity contribution is 6.33. The first-order valence-corrected chi connectivity index (χ1v) is 11.9. The summed E-state index contributed by atoms with van der Waals surface area (Å²) in [6, 6.07) is 10.8. The highest BCUT2D eigenvalue weighted by atomic mass is 35.5. The molecule has 4 rings (SSSR count). The molecule has 0 bridgehead atoms. The highest BCUT2D eigenvalue weighted by Gasteiger charge is 2.23. The molecular formula is C25H31ClN4O3. The summed E-state index contributed by atoms with van der Waals surface area (Å²) in [7, 11) is 0. The van der Waals surface area contributed by atoms with Crippen molar-refractivity contribution in [3.8, 4) is 0 Å². The van der Waals surface area contributed by atoms with Crippen LogP contribution in [0.3, 0.4) is 0 Å². The number of likely N-dealkylation sites (tertiary alicyclic amines) is 1. The molecule has 2 atom stereocenters. The van der Waals surface area contributed by atoms with Gasteiger partial charge in [0.1, 0.15) is 5.82 Å². The molecule has 176 valence electrons. The minimum atomic E-state index is -0.374. The minimum absolute atomic E-state index is 0.298. The van der Waals surface area contributed by atoms with E-state index in [1.54, 1.807) is 18.3 Å². The van der Waals surface area contributed by atoms with Gasteiger partial charge in [-0.2, -0.15) is 0 Å². The van der Waals surface area contributed by atoms with Gasteiger partial charge in [-0.1, -0.05) is 41.4 Å². The van der Waals surface area contributed by atoms with Gasteiger partial charge in [-0.15, -0.1) is 0 Å². The average Bonchev–Trinajstić information content (AvgIpc) is 3.27. The Balaban J connectivity index is 1.24. The molecule has 0 saturated carbocycles. The molecule has 2 aromatic rings. The lowest BCUT2D eigenvalue weighted by molar-refractivity contribution is -0.198. The minimum Gasteiger partial charge on any atom is -0.365 e. The number of hydrogen-bond acceptors (Lipinski definition) is 6. The largest absolute Gasteiger partial charge is 0.365 e. The number of rotatable bonds is 8. The molecule has 1 amide bonds. The van der Waals surface area contributed by atoms with E-state index in [0.29, 0.717) is 23.5 Å². The van der Waals surface area contributed by atoms with E-state index in [4.69, 9.17) is 21.2 Å². The molecule has 8 heteroatoms. The monoisotopic (exact) mass is 470 g/mol. The zero-order valence-corrected chi connectivity index (χ0v) is 19.7. The number of carbonyl (C=O) groups is 1. The molecule has 2 aliphatic heterocycles. The Bertz CT molecular complexity index is 961. The second-order valence-corrected chi connectivity index (χ2v) is 9.07. The number of nitrogens with one attached hydrogen (secondary N) is 2. The highest BCUT2D eigenvalue weighted by Crippen LogP contribution is 2.24. The standard InChI is InChI=1S/C25H31ClN4O3/c1-18-5-7-19(8-6-18)16-30-12-11-21(17-30)28-25-22(26)14-20(15-27-25)9-10-23(31)29-33-24-4-2-3-13-32-24/h5-10,14-15,21,24H,2-4,11-13,16-17H2,1H3,(H,27,28)(H,29,31)/t21-,24?/m1/s1. The van der Waals surface area contributed by atoms with Gasteiger partial charge in [0.05, 0.1) is 5.02 Å². The van der Waals surface area contributed by atoms with Crippen molar-refractivity contribution in [3.63, 3.8) is 0 Å². The van der Waals surface area contributed by atoms with Crippen molar-refractivity contribution in [2.75, 3.05) is 25.0 Å². The summed E-state index contributed by atoms with van der Waals surface area (Å²) in [6.45, 7) is 5.69. The maximum Gasteiger partial charge on any atom is 0.267 e. The van der Waals surface area contributed by atoms with Crippen LogP contribution in [0.15, 0.2) is 42.6 Å². The summed E-state index contributed by atoms with van der Waals surface area (Å²) >= 11 is 6.45. The first kappa shape index (κ1) is 23.7. The van der Waals surface area contributed by atoms with E-state index in [1.165, 1.54) is 17.2 Å². The molecule has 0 aliphatic carbocycles. The summed E-state index contributed by atoms with van der Waals surface area (Å²) in [5, 5.41) is 3.99. The maximum atomic E-state index is 12.0. The van der Waals surface area contributed by atoms with E-state index in [-0.39, 0.29) is 12.2 Å². The second kappa shape index (κ2) is 11.6. The molecule has 1 unspecified atom stereocenters. The zero-order chi connectivity index (χ0) is 23.0. The van der Waals surface area contributed by atoms with Gasteiger partial charge < -0.3 is 10.1 Å². The van der Waals surface area contributed by atoms with Gasteiger partial charge in [-0.25, -0.2) is 15.3 Å². The number of halogens is 1. The number of aromatic nitrogens is 1. The Morgan fingerprint density at radius 3 is 2.91 bits per heavy atom. The Labute approximate surface area is 200 Å². The van der Waals surface area contributed by atoms with Crippen molar-refractivity contribution in [1.82, 2.24) is 15.4 Å². The van der Waals surface area contributed by atoms with Crippen molar-refractivity contribution < 1.29 is 14.4 Å². The molecule has 33 heavy (non-hydrogen) atoms. The number of hydroxylamine groups is 1. The Morgan fingerprint density at radius 1 is 1.30 bits per heavy atom. The number of carbonyl (C=O) groups excluding carboxylic acids is 1. The van der Waals surface area contributed by atoms with Gasteiger partial charge in [-0.05, 0) is 49.5 Å². The van der Waals surface area contributed by atoms with Gasteiger partial charge in [0.25, 0.3) is 5.91 Å². The number of pyridine rings is 1. The van der Waals surface area contributed by atoms with Gasteiger partial charge in [0.2, 0.25) is 0 Å². The van der Waals surface area contributed by atoms with Gasteiger partial charge in [0.15, 0.2) is 6.29 Å². The maximum absolute atomic E-state index is 12.0. The fraction of sp³-hybridized carbons (Fsp3) is 0.440. The lowest BCUT2D eigenvalue weighted by atomic mass is 10.1. The van der Waals surface area contributed by atoms with E-state index in [2.05, 4.69) is 51.9 Å². The lowest BCUT2D eigenvalue weighted by Crippen LogP contribution is -2.32. The molecule has 3 heterocycles. The molecule has 2 N–H and O–H groups in total. The summed E-state index contributed by atoms with van der Waals surface area (Å²) in [4.78, 5) is 24.1. The summed E-state index contributed by atoms with van der Waals surface area (Å²) in [5.74, 6) is 0.306. The third-order valence-corrected chi connectivity index (χ3v) is 6.15. The van der Waals surface area contributed by atoms with Crippen molar-refractivity contribution in [3.05, 3.63) is 64.3 Å². The SMILES string of the molecule is Cc1ccc(CN2CC[C@@H](Nc3ncc(C=CC(=O)NOC4CCCCO4)cc3Cl)C2)cc1. The second-order valence-electron chi connectivity index (χ2n) is 8.66. The van der Waals surface area contributed by atoms with Crippen LogP contribution in [0.2, 0.25) is 5.02 Å². The lowest BCUT2D eigenvalue weighted by Gasteiger charge is -2.21. The number of hydrogen-bond donors (Lipinski definition) is 2. The first-order chi connectivity index (χ1) is 16.0. The third-order valence-electron chi connectivity index (χ3n) is 5.86. The molecular weight excluding hydrogens is 440 g/mol. The number of nitrogens with zero attached hydrogens (tertiary/aromatic N) is 2. The molecule has 7 nitrogen and oxygen atoms in total. The quantitative estimate of drug-likeness (QED) is 0.442. The van der Waals surface area contributed by atoms with E-state index in [9.17, 15) is 4.79 Å². The average molecular weight is 471 g/mol. The molecule has 2 saturated heterocycles. The van der Waals surface area contributed by atoms with E-state index >= 15 is 0 Å². The number of amides is 1. The third kappa shape index (κ3) is 7.27. The molecule has 1 aromatic heterocycles. The predicted octanol–water partition coefficient (Wildman–Crippen LogP) is 4.32.